The van der Waals surface area contributed by atoms with Crippen molar-refractivity contribution in [2.75, 3.05) is 12.8 Å². The summed E-state index contributed by atoms with van der Waals surface area (Å²) in [6.07, 6.45) is 0.977. The van der Waals surface area contributed by atoms with Crippen molar-refractivity contribution in [2.45, 2.75) is 11.2 Å². The van der Waals surface area contributed by atoms with E-state index < -0.39 is 38.2 Å². The molecule has 0 aliphatic heterocycles. The van der Waals surface area contributed by atoms with Crippen LogP contribution in [0.2, 0.25) is 0 Å². The molecule has 1 aromatic carbocycles. The molecule has 19 heavy (non-hydrogen) atoms. The maximum Gasteiger partial charge on any atom is 0.312 e. The lowest BCUT2D eigenvalue weighted by Crippen LogP contribution is -2.31. The molecule has 1 aliphatic carbocycles. The number of carbonyl (C=O) groups is 1. The molecule has 1 aliphatic rings. The second kappa shape index (κ2) is 4.28. The van der Waals surface area contributed by atoms with Crippen molar-refractivity contribution in [3.8, 4) is 0 Å². The topological polar surface area (TPSA) is 97.5 Å². The Morgan fingerprint density at radius 2 is 2.16 bits per heavy atom. The molecule has 3 atom stereocenters. The first-order valence-electron chi connectivity index (χ1n) is 5.63. The van der Waals surface area contributed by atoms with Crippen molar-refractivity contribution < 1.29 is 22.7 Å². The van der Waals surface area contributed by atoms with Gasteiger partial charge in [-0.15, -0.1) is 0 Å². The number of benzene rings is 1. The van der Waals surface area contributed by atoms with Crippen LogP contribution in [0.4, 0.5) is 4.39 Å². The number of rotatable bonds is 4. The molecule has 1 aromatic rings. The fourth-order valence-electron chi connectivity index (χ4n) is 2.79. The van der Waals surface area contributed by atoms with Gasteiger partial charge < -0.3 is 10.8 Å². The second-order valence-corrected chi connectivity index (χ2v) is 7.00. The molecule has 0 heterocycles. The Labute approximate surface area is 110 Å². The molecule has 3 N–H and O–H groups in total. The summed E-state index contributed by atoms with van der Waals surface area (Å²) in [6, 6.07) is 5.31. The van der Waals surface area contributed by atoms with Gasteiger partial charge in [-0.2, -0.15) is 0 Å². The molecule has 0 aromatic heterocycles. The predicted octanol–water partition coefficient (Wildman–Crippen LogP) is 0.366. The number of sulfone groups is 1. The molecule has 0 amide bonds. The minimum absolute atomic E-state index is 0.304. The van der Waals surface area contributed by atoms with Crippen LogP contribution in [0.3, 0.4) is 0 Å². The van der Waals surface area contributed by atoms with Crippen LogP contribution < -0.4 is 5.73 Å². The quantitative estimate of drug-likeness (QED) is 0.833. The van der Waals surface area contributed by atoms with E-state index in [-0.39, 0.29) is 6.54 Å². The highest BCUT2D eigenvalue weighted by Crippen LogP contribution is 2.62. The van der Waals surface area contributed by atoms with E-state index in [1.54, 1.807) is 0 Å². The zero-order chi connectivity index (χ0) is 14.4. The maximum absolute atomic E-state index is 13.2. The van der Waals surface area contributed by atoms with Gasteiger partial charge in [0.2, 0.25) is 0 Å². The highest BCUT2D eigenvalue weighted by Gasteiger charge is 2.74. The summed E-state index contributed by atoms with van der Waals surface area (Å²) in [5.41, 5.74) is 4.28. The van der Waals surface area contributed by atoms with Gasteiger partial charge in [0.1, 0.15) is 11.2 Å². The second-order valence-electron chi connectivity index (χ2n) is 4.83. The van der Waals surface area contributed by atoms with Crippen LogP contribution in [0.15, 0.2) is 24.3 Å². The van der Waals surface area contributed by atoms with Crippen LogP contribution in [0.25, 0.3) is 0 Å². The first-order valence-corrected chi connectivity index (χ1v) is 7.58. The van der Waals surface area contributed by atoms with E-state index in [2.05, 4.69) is 0 Å². The normalized spacial score (nSPS) is 30.1. The summed E-state index contributed by atoms with van der Waals surface area (Å²) in [7, 11) is -3.59. The van der Waals surface area contributed by atoms with Gasteiger partial charge in [0.15, 0.2) is 9.84 Å². The Hall–Kier alpha value is -1.47. The Balaban J connectivity index is 2.53. The van der Waals surface area contributed by atoms with Gasteiger partial charge in [-0.3, -0.25) is 4.79 Å². The lowest BCUT2D eigenvalue weighted by Gasteiger charge is -2.09. The number of carboxylic acid groups (broad SMARTS) is 1. The Bertz CT molecular complexity index is 630. The average molecular weight is 287 g/mol. The van der Waals surface area contributed by atoms with E-state index in [0.29, 0.717) is 5.56 Å². The van der Waals surface area contributed by atoms with Crippen LogP contribution in [-0.2, 0) is 14.6 Å². The van der Waals surface area contributed by atoms with Crippen molar-refractivity contribution in [1.29, 1.82) is 0 Å². The zero-order valence-corrected chi connectivity index (χ0v) is 11.0. The molecule has 7 heteroatoms. The lowest BCUT2D eigenvalue weighted by atomic mass is 9.99. The highest BCUT2D eigenvalue weighted by atomic mass is 32.2. The summed E-state index contributed by atoms with van der Waals surface area (Å²) in [4.78, 5) is 11.4. The van der Waals surface area contributed by atoms with Gasteiger partial charge in [0.25, 0.3) is 0 Å². The Morgan fingerprint density at radius 3 is 2.53 bits per heavy atom. The number of carboxylic acids is 1. The summed E-state index contributed by atoms with van der Waals surface area (Å²) in [5.74, 6) is -2.60. The van der Waals surface area contributed by atoms with Crippen LogP contribution in [0, 0.1) is 11.2 Å². The van der Waals surface area contributed by atoms with Crippen LogP contribution in [0.1, 0.15) is 11.5 Å². The molecule has 0 radical (unpaired) electrons. The third-order valence-corrected chi connectivity index (χ3v) is 5.28. The average Bonchev–Trinajstić information content (AvgIpc) is 2.99. The zero-order valence-electron chi connectivity index (χ0n) is 10.2. The number of halogens is 1. The molecule has 0 bridgehead atoms. The molecule has 104 valence electrons. The summed E-state index contributed by atoms with van der Waals surface area (Å²) in [5, 5.41) is 8.19. The van der Waals surface area contributed by atoms with Crippen molar-refractivity contribution in [3.63, 3.8) is 0 Å². The van der Waals surface area contributed by atoms with E-state index in [9.17, 15) is 22.7 Å². The third kappa shape index (κ3) is 2.02. The van der Waals surface area contributed by atoms with E-state index in [0.717, 1.165) is 12.3 Å². The number of hydrogen-bond donors (Lipinski definition) is 2. The summed E-state index contributed by atoms with van der Waals surface area (Å²) >= 11 is 0. The van der Waals surface area contributed by atoms with Crippen molar-refractivity contribution in [3.05, 3.63) is 35.6 Å². The molecule has 0 unspecified atom stereocenters. The van der Waals surface area contributed by atoms with Crippen molar-refractivity contribution >= 4 is 15.8 Å². The highest BCUT2D eigenvalue weighted by molar-refractivity contribution is 7.91. The van der Waals surface area contributed by atoms with Gasteiger partial charge in [0.05, 0.1) is 5.25 Å². The first kappa shape index (κ1) is 14.0. The molecule has 1 fully saturated rings. The molecule has 1 saturated carbocycles. The van der Waals surface area contributed by atoms with Crippen molar-refractivity contribution in [2.24, 2.45) is 11.1 Å². The maximum atomic E-state index is 13.2. The van der Waals surface area contributed by atoms with Gasteiger partial charge in [0, 0.05) is 18.7 Å². The molecular formula is C12H14FNO4S. The summed E-state index contributed by atoms with van der Waals surface area (Å²) in [6.45, 7) is -0.304. The molecule has 0 spiro atoms. The first-order chi connectivity index (χ1) is 8.75. The number of hydrogen-bond acceptors (Lipinski definition) is 4. The monoisotopic (exact) mass is 287 g/mol. The van der Waals surface area contributed by atoms with E-state index in [1.165, 1.54) is 18.2 Å². The third-order valence-electron chi connectivity index (χ3n) is 3.66. The van der Waals surface area contributed by atoms with E-state index in [1.807, 2.05) is 0 Å². The van der Waals surface area contributed by atoms with Gasteiger partial charge in [-0.25, -0.2) is 12.8 Å². The van der Waals surface area contributed by atoms with Gasteiger partial charge in [-0.1, -0.05) is 12.1 Å². The Morgan fingerprint density at radius 1 is 1.53 bits per heavy atom. The lowest BCUT2D eigenvalue weighted by molar-refractivity contribution is -0.143. The Kier molecular flexibility index (Phi) is 3.14. The smallest absolute Gasteiger partial charge is 0.312 e. The number of aliphatic carboxylic acids is 1. The SMILES string of the molecule is CS(=O)(=O)[C@@H]1[C@@H](c2cccc(F)c2)[C@]1(CN)C(=O)O. The fourth-order valence-corrected chi connectivity index (χ4v) is 4.71. The predicted molar refractivity (Wildman–Crippen MR) is 66.9 cm³/mol. The van der Waals surface area contributed by atoms with Crippen LogP contribution in [0.5, 0.6) is 0 Å². The summed E-state index contributed by atoms with van der Waals surface area (Å²) < 4.78 is 36.7. The van der Waals surface area contributed by atoms with Gasteiger partial charge in [-0.05, 0) is 17.7 Å². The van der Waals surface area contributed by atoms with Crippen LogP contribution >= 0.6 is 0 Å². The van der Waals surface area contributed by atoms with Crippen LogP contribution in [-0.4, -0.2) is 37.5 Å². The molecular weight excluding hydrogens is 273 g/mol. The number of nitrogens with two attached hydrogens (primary N) is 1. The van der Waals surface area contributed by atoms with Gasteiger partial charge >= 0.3 is 5.97 Å². The van der Waals surface area contributed by atoms with E-state index >= 15 is 0 Å². The minimum atomic E-state index is -3.59. The molecule has 2 rings (SSSR count). The molecule has 0 saturated heterocycles. The minimum Gasteiger partial charge on any atom is -0.481 e. The molecule has 5 nitrogen and oxygen atoms in total. The largest absolute Gasteiger partial charge is 0.481 e. The van der Waals surface area contributed by atoms with E-state index in [4.69, 9.17) is 5.73 Å². The van der Waals surface area contributed by atoms with Crippen molar-refractivity contribution in [1.82, 2.24) is 0 Å². The standard InChI is InChI=1S/C12H14FNO4S/c1-19(17,18)10-9(12(10,6-14)11(15)16)7-3-2-4-8(13)5-7/h2-5,9-10H,6,14H2,1H3,(H,15,16)/t9-,10-,12+/m1/s1. The fraction of sp³-hybridized carbons (Fsp3) is 0.417.